The first-order chi connectivity index (χ1) is 38.7. The first kappa shape index (κ1) is 67.8. The van der Waals surface area contributed by atoms with Crippen molar-refractivity contribution in [2.24, 2.45) is 16.5 Å². The quantitative estimate of drug-likeness (QED) is 0.0124. The van der Waals surface area contributed by atoms with E-state index in [0.717, 1.165) is 16.5 Å². The van der Waals surface area contributed by atoms with Crippen LogP contribution in [0.5, 0.6) is 5.75 Å². The second-order valence-corrected chi connectivity index (χ2v) is 24.7. The molecule has 0 aliphatic heterocycles. The number of unbranched alkanes of at least 4 members (excludes halogenated alkanes) is 4. The number of amides is 7. The van der Waals surface area contributed by atoms with Gasteiger partial charge in [0.25, 0.3) is 0 Å². The van der Waals surface area contributed by atoms with Gasteiger partial charge in [-0.25, -0.2) is 18.8 Å². The Morgan fingerprint density at radius 1 is 0.602 bits per heavy atom. The normalized spacial score (nSPS) is 13.7. The van der Waals surface area contributed by atoms with Crippen molar-refractivity contribution in [1.29, 1.82) is 0 Å². The molecule has 0 bridgehead atoms. The van der Waals surface area contributed by atoms with Crippen molar-refractivity contribution in [2.75, 3.05) is 13.1 Å². The molecule has 456 valence electrons. The van der Waals surface area contributed by atoms with E-state index in [1.807, 2.05) is 45.0 Å². The maximum absolute atomic E-state index is 14.9. The Bertz CT molecular complexity index is 2800. The van der Waals surface area contributed by atoms with E-state index >= 15 is 0 Å². The molecular weight excluding hydrogens is 1070 g/mol. The highest BCUT2D eigenvalue weighted by Crippen LogP contribution is 2.24. The number of H-pyrrole nitrogens is 1. The number of rotatable bonds is 26. The summed E-state index contributed by atoms with van der Waals surface area (Å²) in [6.07, 6.45) is 2.32. The summed E-state index contributed by atoms with van der Waals surface area (Å²) in [4.78, 5) is 103. The number of carbonyl (C=O) groups excluding carboxylic acids is 7. The van der Waals surface area contributed by atoms with Gasteiger partial charge in [0.2, 0.25) is 29.6 Å². The van der Waals surface area contributed by atoms with Crippen molar-refractivity contribution < 1.29 is 56.9 Å². The molecule has 0 radical (unpaired) electrons. The minimum Gasteiger partial charge on any atom is -0.488 e. The third-order valence-corrected chi connectivity index (χ3v) is 12.3. The molecule has 0 fully saturated rings. The lowest BCUT2D eigenvalue weighted by Gasteiger charge is -2.31. The smallest absolute Gasteiger partial charge is 0.414 e. The standard InChI is InChI=1S/C61H89FN10O11/c1-57(2,3)80-43-30-26-39(27-31-43)35-48(51(75)68-46(23-17-20-34-66-54(77)81-58(4,5)6)50(74)69-47(49(63)73)36-41-38-67-45-22-16-15-21-44(41)45)70-52(76)61(64,37-40-24-28-42(62)29-25-40)32-18-13-14-19-33-65-53(71-55(78)82-59(7,8)9)72-56(79)83-60(10,11)12/h15-16,21-22,24-31,38,46-48,67H,13-14,17-20,23,32-37,64H2,1-12H3,(H2,63,73)(H,66,77)(H,68,75)(H,69,74)(H,70,76)(H2,65,71,72,78,79)/t46-,47-,48-,61-/m0/s1. The van der Waals surface area contributed by atoms with E-state index in [9.17, 15) is 38.0 Å². The van der Waals surface area contributed by atoms with Gasteiger partial charge in [-0.05, 0) is 169 Å². The number of aliphatic imine (C=N–C) groups is 1. The van der Waals surface area contributed by atoms with E-state index in [0.29, 0.717) is 55.4 Å². The van der Waals surface area contributed by atoms with Crippen molar-refractivity contribution in [3.8, 4) is 5.75 Å². The molecule has 22 heteroatoms. The van der Waals surface area contributed by atoms with Crippen molar-refractivity contribution in [3.05, 3.63) is 102 Å². The van der Waals surface area contributed by atoms with Crippen LogP contribution in [0.4, 0.5) is 18.8 Å². The predicted octanol–water partition coefficient (Wildman–Crippen LogP) is 8.20. The number of ether oxygens (including phenoxy) is 4. The van der Waals surface area contributed by atoms with Crippen molar-refractivity contribution in [1.82, 2.24) is 36.9 Å². The third kappa shape index (κ3) is 25.9. The van der Waals surface area contributed by atoms with Gasteiger partial charge in [-0.2, -0.15) is 0 Å². The average Bonchev–Trinajstić information content (AvgIpc) is 4.01. The largest absolute Gasteiger partial charge is 0.488 e. The zero-order chi connectivity index (χ0) is 61.8. The number of nitrogens with one attached hydrogen (secondary N) is 7. The number of primary amides is 1. The topological polar surface area (TPSA) is 309 Å². The number of para-hydroxylation sites is 1. The fourth-order valence-corrected chi connectivity index (χ4v) is 8.59. The lowest BCUT2D eigenvalue weighted by atomic mass is 9.85. The van der Waals surface area contributed by atoms with Gasteiger partial charge in [-0.15, -0.1) is 0 Å². The zero-order valence-electron chi connectivity index (χ0n) is 50.4. The summed E-state index contributed by atoms with van der Waals surface area (Å²) in [6.45, 7) is 21.5. The molecule has 21 nitrogen and oxygen atoms in total. The highest BCUT2D eigenvalue weighted by Gasteiger charge is 2.38. The van der Waals surface area contributed by atoms with Gasteiger partial charge in [0.15, 0.2) is 0 Å². The van der Waals surface area contributed by atoms with E-state index in [4.69, 9.17) is 30.4 Å². The molecule has 4 aromatic rings. The Morgan fingerprint density at radius 2 is 1.16 bits per heavy atom. The minimum atomic E-state index is -1.66. The fourth-order valence-electron chi connectivity index (χ4n) is 8.59. The third-order valence-electron chi connectivity index (χ3n) is 12.3. The van der Waals surface area contributed by atoms with E-state index in [1.165, 1.54) is 24.3 Å². The second-order valence-electron chi connectivity index (χ2n) is 24.7. The van der Waals surface area contributed by atoms with E-state index in [-0.39, 0.29) is 51.2 Å². The molecule has 0 aliphatic carbocycles. The molecule has 3 aromatic carbocycles. The second kappa shape index (κ2) is 30.5. The number of nitrogens with zero attached hydrogens (tertiary/aromatic N) is 1. The van der Waals surface area contributed by atoms with Crippen LogP contribution >= 0.6 is 0 Å². The first-order valence-corrected chi connectivity index (χ1v) is 28.2. The summed E-state index contributed by atoms with van der Waals surface area (Å²) in [5, 5.41) is 17.0. The molecule has 0 spiro atoms. The predicted molar refractivity (Wildman–Crippen MR) is 317 cm³/mol. The first-order valence-electron chi connectivity index (χ1n) is 28.2. The number of aromatic amines is 1. The molecule has 0 aliphatic rings. The number of halogens is 1. The van der Waals surface area contributed by atoms with Crippen molar-refractivity contribution >= 4 is 58.8 Å². The number of guanidine groups is 1. The van der Waals surface area contributed by atoms with Crippen molar-refractivity contribution in [2.45, 2.75) is 200 Å². The van der Waals surface area contributed by atoms with E-state index < -0.39 is 93.8 Å². The fraction of sp³-hybridized carbons (Fsp3) is 0.541. The summed E-state index contributed by atoms with van der Waals surface area (Å²) in [5.74, 6) is -3.00. The summed E-state index contributed by atoms with van der Waals surface area (Å²) in [7, 11) is 0. The number of aromatic nitrogens is 1. The van der Waals surface area contributed by atoms with E-state index in [2.05, 4.69) is 41.9 Å². The van der Waals surface area contributed by atoms with Crippen LogP contribution in [0.15, 0.2) is 84.0 Å². The lowest BCUT2D eigenvalue weighted by molar-refractivity contribution is -0.134. The zero-order valence-corrected chi connectivity index (χ0v) is 50.4. The number of hydrogen-bond acceptors (Lipinski definition) is 13. The number of carbonyl (C=O) groups is 7. The Morgan fingerprint density at radius 3 is 1.75 bits per heavy atom. The molecule has 0 saturated heterocycles. The van der Waals surface area contributed by atoms with Gasteiger partial charge in [0, 0.05) is 43.0 Å². The maximum Gasteiger partial charge on any atom is 0.414 e. The maximum atomic E-state index is 14.9. The monoisotopic (exact) mass is 1160 g/mol. The minimum absolute atomic E-state index is 0.0418. The molecule has 0 unspecified atom stereocenters. The van der Waals surface area contributed by atoms with Gasteiger partial charge >= 0.3 is 18.3 Å². The molecule has 7 amide bonds. The Hall–Kier alpha value is -7.75. The Balaban J connectivity index is 1.61. The molecule has 1 heterocycles. The van der Waals surface area contributed by atoms with Gasteiger partial charge in [-0.1, -0.05) is 61.7 Å². The molecule has 4 rings (SSSR count). The highest BCUT2D eigenvalue weighted by molar-refractivity contribution is 6.01. The SMILES string of the molecule is CC(C)(C)OC(=O)NCCCC[C@H](NC(=O)[C@H](Cc1ccc(OC(C)(C)C)cc1)NC(=O)[C@](N)(CCCCCCN=C(NC(=O)OC(C)(C)C)NC(=O)OC(C)(C)C)Cc1ccc(F)cc1)C(=O)N[C@@H](Cc1c[nH]c2ccccc12)C(N)=O. The summed E-state index contributed by atoms with van der Waals surface area (Å²) in [5.41, 5.74) is 11.3. The lowest BCUT2D eigenvalue weighted by Crippen LogP contribution is -2.62. The van der Waals surface area contributed by atoms with Crippen LogP contribution in [-0.2, 0) is 52.7 Å². The highest BCUT2D eigenvalue weighted by atomic mass is 19.1. The number of fused-ring (bicyclic) bond motifs is 1. The van der Waals surface area contributed by atoms with Gasteiger partial charge in [-0.3, -0.25) is 34.8 Å². The molecule has 0 saturated carbocycles. The Kier molecular flexibility index (Phi) is 24.9. The van der Waals surface area contributed by atoms with Gasteiger partial charge in [0.1, 0.15) is 52.1 Å². The molecule has 83 heavy (non-hydrogen) atoms. The summed E-state index contributed by atoms with van der Waals surface area (Å²) < 4.78 is 36.3. The van der Waals surface area contributed by atoms with Crippen LogP contribution in [0.1, 0.15) is 151 Å². The number of benzene rings is 3. The Labute approximate surface area is 487 Å². The molecule has 4 atom stereocenters. The van der Waals surface area contributed by atoms with Crippen LogP contribution in [0.2, 0.25) is 0 Å². The van der Waals surface area contributed by atoms with Gasteiger partial charge < -0.3 is 56.7 Å². The summed E-state index contributed by atoms with van der Waals surface area (Å²) >= 11 is 0. The van der Waals surface area contributed by atoms with E-state index in [1.54, 1.807) is 92.8 Å². The van der Waals surface area contributed by atoms with Crippen LogP contribution in [0, 0.1) is 5.82 Å². The number of hydrogen-bond donors (Lipinski definition) is 9. The number of nitrogens with two attached hydrogens (primary N) is 2. The van der Waals surface area contributed by atoms with Crippen molar-refractivity contribution in [3.63, 3.8) is 0 Å². The number of alkyl carbamates (subject to hydrolysis) is 3. The summed E-state index contributed by atoms with van der Waals surface area (Å²) in [6, 6.07) is 16.3. The van der Waals surface area contributed by atoms with Crippen LogP contribution in [-0.4, -0.2) is 112 Å². The van der Waals surface area contributed by atoms with Crippen LogP contribution in [0.25, 0.3) is 10.9 Å². The molecule has 11 N–H and O–H groups in total. The molecule has 1 aromatic heterocycles. The average molecular weight is 1160 g/mol. The van der Waals surface area contributed by atoms with Crippen LogP contribution < -0.4 is 48.1 Å². The van der Waals surface area contributed by atoms with Gasteiger partial charge in [0.05, 0.1) is 5.54 Å². The molecular formula is C61H89FN10O11. The van der Waals surface area contributed by atoms with Crippen LogP contribution in [0.3, 0.4) is 0 Å².